The van der Waals surface area contributed by atoms with Gasteiger partial charge in [-0.2, -0.15) is 0 Å². The summed E-state index contributed by atoms with van der Waals surface area (Å²) in [5.41, 5.74) is 0.625. The van der Waals surface area contributed by atoms with Gasteiger partial charge in [-0.15, -0.1) is 0 Å². The number of amides is 6. The highest BCUT2D eigenvalue weighted by Crippen LogP contribution is 2.49. The number of hydrogen-bond donors (Lipinski definition) is 0. The van der Waals surface area contributed by atoms with Crippen molar-refractivity contribution in [2.24, 2.45) is 41.4 Å². The van der Waals surface area contributed by atoms with Gasteiger partial charge >= 0.3 is 17.6 Å². The van der Waals surface area contributed by atoms with Gasteiger partial charge in [0.05, 0.1) is 36.0 Å². The van der Waals surface area contributed by atoms with Crippen LogP contribution >= 0.6 is 0 Å². The third kappa shape index (κ3) is 17.6. The van der Waals surface area contributed by atoms with E-state index in [-0.39, 0.29) is 47.3 Å². The molecule has 0 spiro atoms. The van der Waals surface area contributed by atoms with E-state index in [0.717, 1.165) is 40.4 Å². The van der Waals surface area contributed by atoms with Crippen LogP contribution in [0.2, 0.25) is 11.1 Å². The lowest BCUT2D eigenvalue weighted by atomic mass is 9.63. The van der Waals surface area contributed by atoms with Crippen molar-refractivity contribution >= 4 is 53.1 Å². The van der Waals surface area contributed by atoms with E-state index in [1.807, 2.05) is 33.8 Å². The van der Waals surface area contributed by atoms with E-state index < -0.39 is 17.6 Å². The maximum Gasteiger partial charge on any atom is 0.502 e. The van der Waals surface area contributed by atoms with Crippen molar-refractivity contribution in [2.45, 2.75) is 92.7 Å². The highest BCUT2D eigenvalue weighted by Gasteiger charge is 2.55. The summed E-state index contributed by atoms with van der Waals surface area (Å²) < 4.78 is 31.2. The number of nitrogens with zero attached hydrogens (tertiary/aromatic N) is 3. The number of likely N-dealkylation sites (tertiary alicyclic amines) is 1. The zero-order chi connectivity index (χ0) is 48.8. The summed E-state index contributed by atoms with van der Waals surface area (Å²) >= 11 is 0. The lowest BCUT2D eigenvalue weighted by Gasteiger charge is -2.38. The summed E-state index contributed by atoms with van der Waals surface area (Å²) in [6, 6.07) is 0. The summed E-state index contributed by atoms with van der Waals surface area (Å²) in [5, 5.41) is 0. The molecule has 3 heterocycles. The van der Waals surface area contributed by atoms with Crippen molar-refractivity contribution in [3.63, 3.8) is 0 Å². The zero-order valence-electron chi connectivity index (χ0n) is 41.3. The van der Waals surface area contributed by atoms with Gasteiger partial charge in [-0.3, -0.25) is 43.5 Å². The van der Waals surface area contributed by atoms with Crippen LogP contribution in [-0.2, 0) is 55.3 Å². The van der Waals surface area contributed by atoms with E-state index in [2.05, 4.69) is 65.0 Å². The summed E-state index contributed by atoms with van der Waals surface area (Å²) in [6.45, 7) is 19.1. The highest BCUT2D eigenvalue weighted by atomic mass is 28.4. The van der Waals surface area contributed by atoms with Crippen LogP contribution in [-0.4, -0.2) is 132 Å². The quantitative estimate of drug-likeness (QED) is 0.104. The maximum absolute atomic E-state index is 11.8. The number of fused-ring (bicyclic) bond motifs is 1. The van der Waals surface area contributed by atoms with Gasteiger partial charge in [0.25, 0.3) is 23.6 Å². The van der Waals surface area contributed by atoms with Crippen molar-refractivity contribution in [1.82, 2.24) is 14.7 Å². The molecule has 0 aromatic carbocycles. The Morgan fingerprint density at radius 2 is 0.825 bits per heavy atom. The van der Waals surface area contributed by atoms with Gasteiger partial charge in [-0.1, -0.05) is 74.5 Å². The minimum Gasteiger partial charge on any atom is -0.377 e. The molecule has 0 radical (unpaired) electrons. The van der Waals surface area contributed by atoms with Crippen LogP contribution in [0.1, 0.15) is 81.6 Å². The molecule has 356 valence electrons. The smallest absolute Gasteiger partial charge is 0.377 e. The average Bonchev–Trinajstić information content (AvgIpc) is 3.83. The fraction of sp³-hybridized carbons (Fsp3) is 0.652. The molecule has 7 rings (SSSR count). The first-order valence-corrected chi connectivity index (χ1v) is 25.1. The van der Waals surface area contributed by atoms with Crippen molar-refractivity contribution in [3.8, 4) is 0 Å². The number of hydrogen-bond acceptors (Lipinski definition) is 12. The molecule has 6 amide bonds. The van der Waals surface area contributed by atoms with E-state index >= 15 is 0 Å². The molecule has 2 fully saturated rings. The molecule has 1 saturated heterocycles. The molecule has 3 aliphatic heterocycles. The number of carbonyl (C=O) groups is 6. The number of likely N-dealkylation sites (N-methyl/N-ethyl adjacent to an activating group) is 2. The lowest BCUT2D eigenvalue weighted by molar-refractivity contribution is -0.139. The fourth-order valence-electron chi connectivity index (χ4n) is 7.11. The third-order valence-corrected chi connectivity index (χ3v) is 17.2. The predicted molar refractivity (Wildman–Crippen MR) is 248 cm³/mol. The van der Waals surface area contributed by atoms with Gasteiger partial charge < -0.3 is 26.6 Å². The minimum absolute atomic E-state index is 0.0312. The number of allylic oxidation sites excluding steroid dienone is 6. The Morgan fingerprint density at radius 3 is 0.968 bits per heavy atom. The summed E-state index contributed by atoms with van der Waals surface area (Å²) in [4.78, 5) is 68.7. The Bertz CT molecular complexity index is 1480. The second kappa shape index (κ2) is 28.9. The Labute approximate surface area is 380 Å². The van der Waals surface area contributed by atoms with Crippen molar-refractivity contribution in [2.75, 3.05) is 63.8 Å². The Morgan fingerprint density at radius 1 is 0.524 bits per heavy atom. The molecule has 5 atom stereocenters. The second-order valence-corrected chi connectivity index (χ2v) is 24.2. The molecule has 7 aliphatic rings. The molecular weight excluding hydrogens is 843 g/mol. The van der Waals surface area contributed by atoms with Gasteiger partial charge in [0.2, 0.25) is 11.8 Å². The Kier molecular flexibility index (Phi) is 27.2. The molecule has 5 unspecified atom stereocenters. The van der Waals surface area contributed by atoms with E-state index in [9.17, 15) is 28.8 Å². The average molecular weight is 921 g/mol. The second-order valence-electron chi connectivity index (χ2n) is 17.1. The van der Waals surface area contributed by atoms with E-state index in [1.54, 1.807) is 49.7 Å². The van der Waals surface area contributed by atoms with Gasteiger partial charge in [0.1, 0.15) is 0 Å². The van der Waals surface area contributed by atoms with Gasteiger partial charge in [0, 0.05) is 106 Å². The highest BCUT2D eigenvalue weighted by molar-refractivity contribution is 6.62. The van der Waals surface area contributed by atoms with Crippen LogP contribution in [0.25, 0.3) is 0 Å². The maximum atomic E-state index is 11.8. The van der Waals surface area contributed by atoms with E-state index in [4.69, 9.17) is 26.6 Å². The van der Waals surface area contributed by atoms with Crippen molar-refractivity contribution in [1.29, 1.82) is 0 Å². The van der Waals surface area contributed by atoms with Crippen molar-refractivity contribution < 1.29 is 55.3 Å². The zero-order valence-corrected chi connectivity index (χ0v) is 43.3. The first kappa shape index (κ1) is 59.2. The first-order valence-electron chi connectivity index (χ1n) is 21.5. The lowest BCUT2D eigenvalue weighted by Crippen LogP contribution is -2.45. The first-order chi connectivity index (χ1) is 29.4. The molecule has 63 heavy (non-hydrogen) atoms. The van der Waals surface area contributed by atoms with Crippen LogP contribution in [0.15, 0.2) is 54.7 Å². The number of rotatable bonds is 9. The minimum atomic E-state index is -2.29. The Balaban J connectivity index is 0.000000728. The normalized spacial score (nSPS) is 22.7. The number of carbonyl (C=O) groups excluding carboxylic acids is 6. The molecular formula is C46H78N3O12Si2+. The predicted octanol–water partition coefficient (Wildman–Crippen LogP) is 6.68. The van der Waals surface area contributed by atoms with Gasteiger partial charge in [0.15, 0.2) is 6.08 Å². The fourth-order valence-corrected chi connectivity index (χ4v) is 10.9. The summed E-state index contributed by atoms with van der Waals surface area (Å²) in [6.07, 6.45) is 22.1. The molecule has 4 aliphatic carbocycles. The SMILES string of the molecule is CC(C)C.CC(C)C1C=C[C+]=CC1.CN1C(=O)C2C3C=CC(CC3)C2C1=O.CN1C(=O)C=CC1=O.CN1C(=O)C=CC1=O.CO[Si](OC)(OC)C(C)C.CO[Si](OC)(OC)C(C)C. The van der Waals surface area contributed by atoms with E-state index in [1.165, 1.54) is 49.7 Å². The van der Waals surface area contributed by atoms with E-state index in [0.29, 0.717) is 22.9 Å². The number of imide groups is 3. The largest absolute Gasteiger partial charge is 0.502 e. The molecule has 2 bridgehead atoms. The molecule has 0 N–H and O–H groups in total. The molecule has 17 heteroatoms. The standard InChI is InChI=1S/C11H13NO2.C9H13.2C6H16O3Si.2C5H5NO2.C4H10/c1-12-10(13)8-6-2-3-7(5-4-6)9(8)11(12)14;1-8(2)9-6-4-3-5-7-9;2*1-6(2)10(7-3,8-4)9-5;2*1-6-4(7)2-3-5(6)8;1-4(2)3/h2-3,6-9H,4-5H2,1H3;4-6,8-9H,7H2,1-2H3;2*6H,1-5H3;2*2-3H,1H3;4H,1-3H3/q;+1;;;;;. The van der Waals surface area contributed by atoms with Crippen LogP contribution in [0.4, 0.5) is 0 Å². The molecule has 0 aromatic rings. The van der Waals surface area contributed by atoms with Crippen LogP contribution in [0.3, 0.4) is 0 Å². The van der Waals surface area contributed by atoms with Crippen molar-refractivity contribution in [3.05, 3.63) is 60.8 Å². The monoisotopic (exact) mass is 921 g/mol. The van der Waals surface area contributed by atoms with Crippen LogP contribution < -0.4 is 0 Å². The summed E-state index contributed by atoms with van der Waals surface area (Å²) in [7, 11) is 9.67. The van der Waals surface area contributed by atoms with Crippen LogP contribution in [0.5, 0.6) is 0 Å². The topological polar surface area (TPSA) is 168 Å². The summed E-state index contributed by atoms with van der Waals surface area (Å²) in [5.74, 6) is 2.07. The third-order valence-electron chi connectivity index (χ3n) is 11.0. The van der Waals surface area contributed by atoms with Gasteiger partial charge in [-0.05, 0) is 36.5 Å². The Hall–Kier alpha value is -3.78. The molecule has 1 saturated carbocycles. The molecule has 0 aromatic heterocycles. The van der Waals surface area contributed by atoms with Gasteiger partial charge in [-0.25, -0.2) is 0 Å². The van der Waals surface area contributed by atoms with Crippen LogP contribution in [0, 0.1) is 47.5 Å². The molecule has 15 nitrogen and oxygen atoms in total.